The Bertz CT molecular complexity index is 408. The van der Waals surface area contributed by atoms with Gasteiger partial charge in [-0.25, -0.2) is 4.79 Å². The Morgan fingerprint density at radius 2 is 1.79 bits per heavy atom. The standard InChI is InChI=1S/C9H6O5/c10-4-7(11)5-2-1-3-6(8(5)12)9(13)14/h1-4,12H,(H,13,14). The molecule has 1 aromatic carbocycles. The molecule has 72 valence electrons. The fourth-order valence-corrected chi connectivity index (χ4v) is 0.978. The molecule has 0 aromatic heterocycles. The first kappa shape index (κ1) is 9.91. The van der Waals surface area contributed by atoms with E-state index in [2.05, 4.69) is 0 Å². The summed E-state index contributed by atoms with van der Waals surface area (Å²) in [6.45, 7) is 0. The van der Waals surface area contributed by atoms with Gasteiger partial charge in [0, 0.05) is 0 Å². The van der Waals surface area contributed by atoms with Crippen LogP contribution in [0.25, 0.3) is 0 Å². The Morgan fingerprint density at radius 3 is 2.29 bits per heavy atom. The highest BCUT2D eigenvalue weighted by Gasteiger charge is 2.16. The van der Waals surface area contributed by atoms with Crippen molar-refractivity contribution < 1.29 is 24.6 Å². The van der Waals surface area contributed by atoms with Gasteiger partial charge in [-0.05, 0) is 12.1 Å². The maximum Gasteiger partial charge on any atom is 0.339 e. The van der Waals surface area contributed by atoms with Crippen molar-refractivity contribution in [3.63, 3.8) is 0 Å². The van der Waals surface area contributed by atoms with Gasteiger partial charge in [-0.15, -0.1) is 0 Å². The number of carboxylic acid groups (broad SMARTS) is 1. The van der Waals surface area contributed by atoms with Gasteiger partial charge in [-0.3, -0.25) is 9.59 Å². The molecule has 14 heavy (non-hydrogen) atoms. The van der Waals surface area contributed by atoms with Gasteiger partial charge in [-0.2, -0.15) is 0 Å². The number of aromatic hydroxyl groups is 1. The molecule has 0 heterocycles. The highest BCUT2D eigenvalue weighted by Crippen LogP contribution is 2.22. The minimum Gasteiger partial charge on any atom is -0.506 e. The van der Waals surface area contributed by atoms with Gasteiger partial charge in [0.15, 0.2) is 6.29 Å². The first-order chi connectivity index (χ1) is 6.57. The Labute approximate surface area is 78.6 Å². The number of carbonyl (C=O) groups is 3. The highest BCUT2D eigenvalue weighted by molar-refractivity contribution is 6.34. The number of Topliss-reactive ketones (excluding diaryl/α,β-unsaturated/α-hetero) is 1. The Morgan fingerprint density at radius 1 is 1.21 bits per heavy atom. The van der Waals surface area contributed by atoms with Crippen LogP contribution >= 0.6 is 0 Å². The molecular weight excluding hydrogens is 188 g/mol. The van der Waals surface area contributed by atoms with Gasteiger partial charge in [0.25, 0.3) is 0 Å². The smallest absolute Gasteiger partial charge is 0.339 e. The first-order valence-electron chi connectivity index (χ1n) is 3.62. The second-order valence-electron chi connectivity index (χ2n) is 2.49. The normalized spacial score (nSPS) is 9.43. The molecule has 2 N–H and O–H groups in total. The van der Waals surface area contributed by atoms with Gasteiger partial charge >= 0.3 is 5.97 Å². The average molecular weight is 194 g/mol. The molecule has 0 atom stereocenters. The molecular formula is C9H6O5. The lowest BCUT2D eigenvalue weighted by molar-refractivity contribution is -0.104. The average Bonchev–Trinajstić information content (AvgIpc) is 2.16. The maximum atomic E-state index is 10.9. The van der Waals surface area contributed by atoms with Crippen molar-refractivity contribution in [2.24, 2.45) is 0 Å². The van der Waals surface area contributed by atoms with E-state index < -0.39 is 23.1 Å². The van der Waals surface area contributed by atoms with Crippen LogP contribution in [0.5, 0.6) is 5.75 Å². The lowest BCUT2D eigenvalue weighted by Crippen LogP contribution is -2.04. The second kappa shape index (κ2) is 3.69. The molecule has 0 fully saturated rings. The summed E-state index contributed by atoms with van der Waals surface area (Å²) in [5, 5.41) is 17.9. The van der Waals surface area contributed by atoms with Crippen LogP contribution in [0, 0.1) is 0 Å². The van der Waals surface area contributed by atoms with Crippen LogP contribution in [-0.2, 0) is 4.79 Å². The van der Waals surface area contributed by atoms with Crippen LogP contribution in [0.15, 0.2) is 18.2 Å². The molecule has 1 aromatic rings. The second-order valence-corrected chi connectivity index (χ2v) is 2.49. The van der Waals surface area contributed by atoms with Gasteiger partial charge in [0.2, 0.25) is 5.78 Å². The van der Waals surface area contributed by atoms with Crippen molar-refractivity contribution in [1.82, 2.24) is 0 Å². The summed E-state index contributed by atoms with van der Waals surface area (Å²) >= 11 is 0. The maximum absolute atomic E-state index is 10.9. The van der Waals surface area contributed by atoms with Crippen LogP contribution < -0.4 is 0 Å². The number of aldehydes is 1. The molecule has 0 saturated carbocycles. The number of para-hydroxylation sites is 1. The van der Waals surface area contributed by atoms with Crippen molar-refractivity contribution in [1.29, 1.82) is 0 Å². The summed E-state index contributed by atoms with van der Waals surface area (Å²) in [4.78, 5) is 31.5. The van der Waals surface area contributed by atoms with Crippen molar-refractivity contribution in [2.75, 3.05) is 0 Å². The van der Waals surface area contributed by atoms with E-state index in [1.165, 1.54) is 12.1 Å². The number of rotatable bonds is 3. The minimum atomic E-state index is -1.36. The first-order valence-corrected chi connectivity index (χ1v) is 3.62. The summed E-state index contributed by atoms with van der Waals surface area (Å²) in [6, 6.07) is 3.59. The Kier molecular flexibility index (Phi) is 2.62. The van der Waals surface area contributed by atoms with Crippen LogP contribution in [0.4, 0.5) is 0 Å². The predicted molar refractivity (Wildman–Crippen MR) is 45.5 cm³/mol. The number of hydrogen-bond donors (Lipinski definition) is 2. The molecule has 0 radical (unpaired) electrons. The molecule has 0 aliphatic heterocycles. The lowest BCUT2D eigenvalue weighted by Gasteiger charge is -2.02. The molecule has 0 unspecified atom stereocenters. The summed E-state index contributed by atoms with van der Waals surface area (Å²) in [5.41, 5.74) is -0.711. The Balaban J connectivity index is 3.34. The molecule has 0 bridgehead atoms. The van der Waals surface area contributed by atoms with Gasteiger partial charge in [0.05, 0.1) is 5.56 Å². The largest absolute Gasteiger partial charge is 0.506 e. The summed E-state index contributed by atoms with van der Waals surface area (Å²) < 4.78 is 0. The van der Waals surface area contributed by atoms with Crippen LogP contribution in [0.2, 0.25) is 0 Å². The number of benzene rings is 1. The van der Waals surface area contributed by atoms with E-state index in [0.29, 0.717) is 0 Å². The number of carboxylic acids is 1. The minimum absolute atomic E-state index is 0.0146. The number of aromatic carboxylic acids is 1. The van der Waals surface area contributed by atoms with Crippen LogP contribution in [0.1, 0.15) is 20.7 Å². The number of hydrogen-bond acceptors (Lipinski definition) is 4. The van der Waals surface area contributed by atoms with Crippen LogP contribution in [0.3, 0.4) is 0 Å². The molecule has 0 spiro atoms. The Hall–Kier alpha value is -2.17. The molecule has 0 amide bonds. The molecule has 1 rings (SSSR count). The highest BCUT2D eigenvalue weighted by atomic mass is 16.4. The number of phenols is 1. The summed E-state index contributed by atoms with van der Waals surface area (Å²) in [7, 11) is 0. The fourth-order valence-electron chi connectivity index (χ4n) is 0.978. The van der Waals surface area contributed by atoms with Crippen molar-refractivity contribution in [3.05, 3.63) is 29.3 Å². The molecule has 0 aliphatic carbocycles. The van der Waals surface area contributed by atoms with E-state index in [9.17, 15) is 19.5 Å². The molecule has 0 saturated heterocycles. The van der Waals surface area contributed by atoms with E-state index in [-0.39, 0.29) is 11.8 Å². The predicted octanol–water partition coefficient (Wildman–Crippen LogP) is 0.472. The van der Waals surface area contributed by atoms with E-state index >= 15 is 0 Å². The third-order valence-electron chi connectivity index (χ3n) is 1.64. The molecule has 5 nitrogen and oxygen atoms in total. The third kappa shape index (κ3) is 1.61. The molecule has 5 heteroatoms. The number of carbonyl (C=O) groups excluding carboxylic acids is 2. The fraction of sp³-hybridized carbons (Fsp3) is 0. The van der Waals surface area contributed by atoms with Crippen LogP contribution in [-0.4, -0.2) is 28.3 Å². The van der Waals surface area contributed by atoms with E-state index in [0.717, 1.165) is 6.07 Å². The zero-order valence-electron chi connectivity index (χ0n) is 6.93. The van der Waals surface area contributed by atoms with Crippen molar-refractivity contribution in [2.45, 2.75) is 0 Å². The third-order valence-corrected chi connectivity index (χ3v) is 1.64. The van der Waals surface area contributed by atoms with E-state index in [4.69, 9.17) is 5.11 Å². The van der Waals surface area contributed by atoms with E-state index in [1.54, 1.807) is 0 Å². The van der Waals surface area contributed by atoms with E-state index in [1.807, 2.05) is 0 Å². The zero-order valence-corrected chi connectivity index (χ0v) is 6.93. The molecule has 0 aliphatic rings. The summed E-state index contributed by atoms with van der Waals surface area (Å²) in [6.07, 6.45) is 0.0146. The van der Waals surface area contributed by atoms with Crippen molar-refractivity contribution >= 4 is 18.0 Å². The monoisotopic (exact) mass is 194 g/mol. The zero-order chi connectivity index (χ0) is 10.7. The quantitative estimate of drug-likeness (QED) is 0.414. The van der Waals surface area contributed by atoms with Gasteiger partial charge in [-0.1, -0.05) is 6.07 Å². The number of ketones is 1. The lowest BCUT2D eigenvalue weighted by atomic mass is 10.1. The van der Waals surface area contributed by atoms with Gasteiger partial charge < -0.3 is 10.2 Å². The van der Waals surface area contributed by atoms with Gasteiger partial charge in [0.1, 0.15) is 11.3 Å². The summed E-state index contributed by atoms with van der Waals surface area (Å²) in [5.74, 6) is -2.99. The van der Waals surface area contributed by atoms with Crippen molar-refractivity contribution in [3.8, 4) is 5.75 Å². The topological polar surface area (TPSA) is 91.7 Å². The SMILES string of the molecule is O=CC(=O)c1cccc(C(=O)O)c1O.